The lowest BCUT2D eigenvalue weighted by Crippen LogP contribution is -2.57. The van der Waals surface area contributed by atoms with Crippen LogP contribution in [0.1, 0.15) is 24.5 Å². The number of fused-ring (bicyclic) bond motifs is 1. The highest BCUT2D eigenvalue weighted by Gasteiger charge is 2.30. The lowest BCUT2D eigenvalue weighted by Gasteiger charge is -2.41. The number of halogens is 1. The Hall–Kier alpha value is -2.94. The van der Waals surface area contributed by atoms with Gasteiger partial charge in [-0.3, -0.25) is 9.35 Å². The van der Waals surface area contributed by atoms with Crippen LogP contribution in [0.4, 0.5) is 11.4 Å². The number of carboxylic acids is 1. The number of piperazine rings is 1. The van der Waals surface area contributed by atoms with Gasteiger partial charge in [0.1, 0.15) is 0 Å². The third-order valence-electron chi connectivity index (χ3n) is 6.12. The molecule has 188 valence electrons. The maximum Gasteiger partial charge on any atom is 0.305 e. The number of hydrogen-bond acceptors (Lipinski definition) is 5. The normalized spacial score (nSPS) is 15.9. The Kier molecular flexibility index (Phi) is 8.28. The molecule has 0 bridgehead atoms. The predicted octanol–water partition coefficient (Wildman–Crippen LogP) is 3.92. The van der Waals surface area contributed by atoms with Crippen molar-refractivity contribution in [3.8, 4) is 11.8 Å². The Morgan fingerprint density at radius 3 is 2.33 bits per heavy atom. The fraction of sp³-hybridized carbons (Fsp3) is 0.269. The number of nitrogens with zero attached hydrogens (tertiary/aromatic N) is 3. The molecule has 10 heteroatoms. The molecular formula is C26H27BrN4O4S. The second-order valence-electron chi connectivity index (χ2n) is 8.61. The minimum absolute atomic E-state index is 0.209. The first-order valence-electron chi connectivity index (χ1n) is 11.4. The Morgan fingerprint density at radius 2 is 1.69 bits per heavy atom. The predicted molar refractivity (Wildman–Crippen MR) is 147 cm³/mol. The highest BCUT2D eigenvalue weighted by atomic mass is 79.9. The Morgan fingerprint density at radius 1 is 1.06 bits per heavy atom. The van der Waals surface area contributed by atoms with Crippen molar-refractivity contribution in [3.63, 3.8) is 0 Å². The van der Waals surface area contributed by atoms with Gasteiger partial charge in [0.05, 0.1) is 6.42 Å². The zero-order chi connectivity index (χ0) is 25.8. The second kappa shape index (κ2) is 11.4. The maximum atomic E-state index is 11.8. The van der Waals surface area contributed by atoms with Gasteiger partial charge in [0.2, 0.25) is 11.3 Å². The SMILES string of the molecule is CC(CC(=O)O)N(N1CCN(c2ccc(C#Cc3ccc4c(Br)ccc(N)c4c3)cc2)CC1)S(=O)O. The molecule has 36 heavy (non-hydrogen) atoms. The lowest BCUT2D eigenvalue weighted by molar-refractivity contribution is -0.139. The molecule has 8 nitrogen and oxygen atoms in total. The van der Waals surface area contributed by atoms with Gasteiger partial charge in [0.15, 0.2) is 0 Å². The average molecular weight is 571 g/mol. The van der Waals surface area contributed by atoms with Gasteiger partial charge >= 0.3 is 5.97 Å². The van der Waals surface area contributed by atoms with Gasteiger partial charge in [-0.15, -0.1) is 4.41 Å². The van der Waals surface area contributed by atoms with Gasteiger partial charge in [-0.1, -0.05) is 33.8 Å². The van der Waals surface area contributed by atoms with Crippen molar-refractivity contribution >= 4 is 55.3 Å². The highest BCUT2D eigenvalue weighted by Crippen LogP contribution is 2.29. The van der Waals surface area contributed by atoms with Crippen LogP contribution >= 0.6 is 15.9 Å². The number of rotatable bonds is 6. The van der Waals surface area contributed by atoms with Crippen LogP contribution in [0.15, 0.2) is 59.1 Å². The molecule has 0 aliphatic carbocycles. The summed E-state index contributed by atoms with van der Waals surface area (Å²) in [5.41, 5.74) is 9.66. The van der Waals surface area contributed by atoms with Crippen LogP contribution in [0.3, 0.4) is 0 Å². The van der Waals surface area contributed by atoms with E-state index in [9.17, 15) is 13.6 Å². The third kappa shape index (κ3) is 6.06. The summed E-state index contributed by atoms with van der Waals surface area (Å²) in [5.74, 6) is 5.42. The first-order chi connectivity index (χ1) is 17.2. The van der Waals surface area contributed by atoms with Gasteiger partial charge < -0.3 is 15.7 Å². The van der Waals surface area contributed by atoms with E-state index in [0.717, 1.165) is 32.1 Å². The number of hydrazine groups is 1. The summed E-state index contributed by atoms with van der Waals surface area (Å²) in [6, 6.07) is 17.2. The first kappa shape index (κ1) is 26.1. The summed E-state index contributed by atoms with van der Waals surface area (Å²) in [6.07, 6.45) is -0.209. The van der Waals surface area contributed by atoms with Crippen LogP contribution in [0.25, 0.3) is 10.8 Å². The molecule has 1 fully saturated rings. The molecule has 1 aliphatic heterocycles. The van der Waals surface area contributed by atoms with Crippen molar-refractivity contribution in [3.05, 3.63) is 70.2 Å². The third-order valence-corrected chi connectivity index (χ3v) is 7.73. The fourth-order valence-electron chi connectivity index (χ4n) is 4.33. The molecule has 4 N–H and O–H groups in total. The monoisotopic (exact) mass is 570 g/mol. The van der Waals surface area contributed by atoms with E-state index in [4.69, 9.17) is 10.8 Å². The molecule has 1 aliphatic rings. The summed E-state index contributed by atoms with van der Waals surface area (Å²) in [4.78, 5) is 13.2. The summed E-state index contributed by atoms with van der Waals surface area (Å²) < 4.78 is 23.8. The van der Waals surface area contributed by atoms with Crippen LogP contribution < -0.4 is 10.6 Å². The van der Waals surface area contributed by atoms with Crippen LogP contribution in [-0.4, -0.2) is 61.5 Å². The molecule has 1 heterocycles. The smallest absolute Gasteiger partial charge is 0.305 e. The summed E-state index contributed by atoms with van der Waals surface area (Å²) in [7, 11) is 0. The number of carbonyl (C=O) groups is 1. The lowest BCUT2D eigenvalue weighted by atomic mass is 10.1. The van der Waals surface area contributed by atoms with Crippen LogP contribution in [0, 0.1) is 11.8 Å². The quantitative estimate of drug-likeness (QED) is 0.234. The van der Waals surface area contributed by atoms with Crippen molar-refractivity contribution in [2.45, 2.75) is 19.4 Å². The van der Waals surface area contributed by atoms with Crippen LogP contribution in [0.2, 0.25) is 0 Å². The topological polar surface area (TPSA) is 110 Å². The molecular weight excluding hydrogens is 544 g/mol. The van der Waals surface area contributed by atoms with Crippen LogP contribution in [0.5, 0.6) is 0 Å². The summed E-state index contributed by atoms with van der Waals surface area (Å²) >= 11 is 1.27. The number of nitrogens with two attached hydrogens (primary N) is 1. The van der Waals surface area contributed by atoms with E-state index in [1.54, 1.807) is 11.9 Å². The van der Waals surface area contributed by atoms with Crippen molar-refractivity contribution < 1.29 is 18.7 Å². The van der Waals surface area contributed by atoms with Crippen molar-refractivity contribution in [1.82, 2.24) is 9.42 Å². The molecule has 0 saturated carbocycles. The van der Waals surface area contributed by atoms with E-state index in [1.165, 1.54) is 4.41 Å². The molecule has 3 aromatic rings. The molecule has 2 atom stereocenters. The second-order valence-corrected chi connectivity index (χ2v) is 10.3. The Balaban J connectivity index is 1.41. The zero-order valence-corrected chi connectivity index (χ0v) is 22.1. The van der Waals surface area contributed by atoms with E-state index < -0.39 is 23.3 Å². The molecule has 2 unspecified atom stereocenters. The Labute approximate surface area is 221 Å². The Bertz CT molecular complexity index is 1350. The molecule has 4 rings (SSSR count). The number of anilines is 2. The minimum Gasteiger partial charge on any atom is -0.481 e. The molecule has 3 aromatic carbocycles. The summed E-state index contributed by atoms with van der Waals surface area (Å²) in [5, 5.41) is 12.8. The summed E-state index contributed by atoms with van der Waals surface area (Å²) in [6.45, 7) is 3.96. The maximum absolute atomic E-state index is 11.8. The van der Waals surface area contributed by atoms with Gasteiger partial charge in [-0.05, 0) is 60.8 Å². The van der Waals surface area contributed by atoms with E-state index in [-0.39, 0.29) is 6.42 Å². The van der Waals surface area contributed by atoms with Crippen molar-refractivity contribution in [2.24, 2.45) is 0 Å². The van der Waals surface area contributed by atoms with Gasteiger partial charge in [-0.2, -0.15) is 0 Å². The minimum atomic E-state index is -2.28. The van der Waals surface area contributed by atoms with Gasteiger partial charge in [0, 0.05) is 64.6 Å². The van der Waals surface area contributed by atoms with E-state index >= 15 is 0 Å². The molecule has 0 spiro atoms. The van der Waals surface area contributed by atoms with Gasteiger partial charge in [0.25, 0.3) is 0 Å². The van der Waals surface area contributed by atoms with E-state index in [1.807, 2.05) is 54.6 Å². The molecule has 0 radical (unpaired) electrons. The number of benzene rings is 3. The van der Waals surface area contributed by atoms with Crippen molar-refractivity contribution in [1.29, 1.82) is 0 Å². The van der Waals surface area contributed by atoms with E-state index in [0.29, 0.717) is 31.9 Å². The first-order valence-corrected chi connectivity index (χ1v) is 13.3. The largest absolute Gasteiger partial charge is 0.481 e. The number of aliphatic carboxylic acids is 1. The number of carboxylic acid groups (broad SMARTS) is 1. The molecule has 0 amide bonds. The zero-order valence-electron chi connectivity index (χ0n) is 19.7. The number of hydrogen-bond donors (Lipinski definition) is 3. The fourth-order valence-corrected chi connectivity index (χ4v) is 5.55. The molecule has 1 saturated heterocycles. The van der Waals surface area contributed by atoms with Crippen LogP contribution in [-0.2, 0) is 16.1 Å². The standard InChI is InChI=1S/C26H27BrN4O4S/c1-18(16-26(32)33)31(36(34)35)30-14-12-29(13-15-30)21-7-4-19(5-8-21)2-3-20-6-9-22-23(17-20)25(28)11-10-24(22)27/h4-11,17-18H,12-16,28H2,1H3,(H,32,33)(H,34,35). The number of nitrogen functional groups attached to an aromatic ring is 1. The average Bonchev–Trinajstić information content (AvgIpc) is 2.85. The molecule has 0 aromatic heterocycles. The highest BCUT2D eigenvalue weighted by molar-refractivity contribution is 9.10. The van der Waals surface area contributed by atoms with E-state index in [2.05, 4.69) is 32.7 Å². The van der Waals surface area contributed by atoms with Crippen molar-refractivity contribution in [2.75, 3.05) is 36.8 Å². The van der Waals surface area contributed by atoms with Gasteiger partial charge in [-0.25, -0.2) is 9.22 Å².